The number of aromatic carboxylic acids is 1. The lowest BCUT2D eigenvalue weighted by Crippen LogP contribution is -2.03. The minimum Gasteiger partial charge on any atom is -0.478 e. The van der Waals surface area contributed by atoms with Crippen LogP contribution in [0.3, 0.4) is 0 Å². The van der Waals surface area contributed by atoms with Gasteiger partial charge in [-0.2, -0.15) is 0 Å². The van der Waals surface area contributed by atoms with Crippen LogP contribution in [0.25, 0.3) is 0 Å². The van der Waals surface area contributed by atoms with Gasteiger partial charge < -0.3 is 5.11 Å². The normalized spacial score (nSPS) is 10.4. The molecule has 108 valence electrons. The number of carbonyl (C=O) groups is 1. The average Bonchev–Trinajstić information content (AvgIpc) is 2.40. The predicted octanol–water partition coefficient (Wildman–Crippen LogP) is 3.63. The van der Waals surface area contributed by atoms with E-state index in [1.54, 1.807) is 6.07 Å². The molecule has 1 heterocycles. The number of rotatable bonds is 4. The SMILES string of the molecule is O=C(O)c1cc([N+](=O)[O-])c(Sc2ncccc2Cl)cc1F. The second-order valence-electron chi connectivity index (χ2n) is 3.75. The zero-order valence-corrected chi connectivity index (χ0v) is 11.7. The summed E-state index contributed by atoms with van der Waals surface area (Å²) in [6.07, 6.45) is 1.43. The molecule has 1 aromatic heterocycles. The molecule has 1 aromatic carbocycles. The smallest absolute Gasteiger partial charge is 0.338 e. The molecule has 0 atom stereocenters. The van der Waals surface area contributed by atoms with Crippen molar-refractivity contribution in [2.75, 3.05) is 0 Å². The van der Waals surface area contributed by atoms with Crippen LogP contribution < -0.4 is 0 Å². The summed E-state index contributed by atoms with van der Waals surface area (Å²) in [5.41, 5.74) is -1.29. The highest BCUT2D eigenvalue weighted by Gasteiger charge is 2.23. The van der Waals surface area contributed by atoms with Gasteiger partial charge in [0, 0.05) is 12.3 Å². The Morgan fingerprint density at radius 1 is 1.48 bits per heavy atom. The van der Waals surface area contributed by atoms with Crippen LogP contribution in [0.5, 0.6) is 0 Å². The van der Waals surface area contributed by atoms with E-state index >= 15 is 0 Å². The van der Waals surface area contributed by atoms with Crippen molar-refractivity contribution in [1.29, 1.82) is 0 Å². The molecule has 21 heavy (non-hydrogen) atoms. The Morgan fingerprint density at radius 2 is 2.19 bits per heavy atom. The maximum Gasteiger partial charge on any atom is 0.338 e. The molecule has 0 saturated carbocycles. The summed E-state index contributed by atoms with van der Waals surface area (Å²) in [6, 6.07) is 4.58. The Morgan fingerprint density at radius 3 is 2.76 bits per heavy atom. The summed E-state index contributed by atoms with van der Waals surface area (Å²) < 4.78 is 13.7. The fraction of sp³-hybridized carbons (Fsp3) is 0. The number of nitro groups is 1. The van der Waals surface area contributed by atoms with E-state index in [4.69, 9.17) is 16.7 Å². The Bertz CT molecular complexity index is 741. The molecule has 0 aliphatic heterocycles. The molecule has 0 radical (unpaired) electrons. The first-order valence-corrected chi connectivity index (χ1v) is 6.59. The highest BCUT2D eigenvalue weighted by atomic mass is 35.5. The zero-order valence-electron chi connectivity index (χ0n) is 10.1. The Kier molecular flexibility index (Phi) is 4.39. The summed E-state index contributed by atoms with van der Waals surface area (Å²) in [5, 5.41) is 20.3. The number of carboxylic acid groups (broad SMARTS) is 1. The Balaban J connectivity index is 2.53. The first kappa shape index (κ1) is 15.2. The van der Waals surface area contributed by atoms with Gasteiger partial charge in [0.15, 0.2) is 0 Å². The molecule has 0 bridgehead atoms. The van der Waals surface area contributed by atoms with Crippen LogP contribution >= 0.6 is 23.4 Å². The zero-order chi connectivity index (χ0) is 15.6. The molecular formula is C12H6ClFN2O4S. The molecular weight excluding hydrogens is 323 g/mol. The number of aromatic nitrogens is 1. The minimum absolute atomic E-state index is 0.0805. The van der Waals surface area contributed by atoms with Crippen molar-refractivity contribution in [3.63, 3.8) is 0 Å². The molecule has 0 aliphatic carbocycles. The van der Waals surface area contributed by atoms with E-state index in [9.17, 15) is 19.3 Å². The van der Waals surface area contributed by atoms with Gasteiger partial charge in [0.05, 0.1) is 14.8 Å². The number of benzene rings is 1. The summed E-state index contributed by atoms with van der Waals surface area (Å²) in [6.45, 7) is 0. The lowest BCUT2D eigenvalue weighted by molar-refractivity contribution is -0.387. The number of nitro benzene ring substituents is 1. The number of pyridine rings is 1. The van der Waals surface area contributed by atoms with E-state index in [-0.39, 0.29) is 14.9 Å². The number of hydrogen-bond donors (Lipinski definition) is 1. The lowest BCUT2D eigenvalue weighted by Gasteiger charge is -2.06. The summed E-state index contributed by atoms with van der Waals surface area (Å²) in [7, 11) is 0. The van der Waals surface area contributed by atoms with E-state index < -0.39 is 28.0 Å². The maximum absolute atomic E-state index is 13.7. The van der Waals surface area contributed by atoms with Crippen molar-refractivity contribution < 1.29 is 19.2 Å². The molecule has 2 aromatic rings. The number of carboxylic acids is 1. The van der Waals surface area contributed by atoms with E-state index in [1.807, 2.05) is 0 Å². The van der Waals surface area contributed by atoms with Crippen molar-refractivity contribution in [3.8, 4) is 0 Å². The van der Waals surface area contributed by atoms with Crippen molar-refractivity contribution >= 4 is 35.0 Å². The topological polar surface area (TPSA) is 93.3 Å². The largest absolute Gasteiger partial charge is 0.478 e. The summed E-state index contributed by atoms with van der Waals surface area (Å²) in [5.74, 6) is -2.65. The first-order chi connectivity index (χ1) is 9.90. The number of halogens is 2. The van der Waals surface area contributed by atoms with Crippen LogP contribution in [-0.2, 0) is 0 Å². The van der Waals surface area contributed by atoms with Crippen LogP contribution in [0.1, 0.15) is 10.4 Å². The standard InChI is InChI=1S/C12H6ClFN2O4S/c13-7-2-1-3-15-11(7)21-10-5-8(14)6(12(17)18)4-9(10)16(19)20/h1-5H,(H,17,18). The highest BCUT2D eigenvalue weighted by Crippen LogP contribution is 2.38. The van der Waals surface area contributed by atoms with Crippen molar-refractivity contribution in [2.24, 2.45) is 0 Å². The van der Waals surface area contributed by atoms with E-state index in [2.05, 4.69) is 4.98 Å². The lowest BCUT2D eigenvalue weighted by atomic mass is 10.2. The van der Waals surface area contributed by atoms with Gasteiger partial charge >= 0.3 is 5.97 Å². The molecule has 0 fully saturated rings. The van der Waals surface area contributed by atoms with Gasteiger partial charge in [0.1, 0.15) is 16.4 Å². The summed E-state index contributed by atoms with van der Waals surface area (Å²) >= 11 is 6.67. The van der Waals surface area contributed by atoms with E-state index in [0.29, 0.717) is 6.07 Å². The van der Waals surface area contributed by atoms with E-state index in [1.165, 1.54) is 12.3 Å². The third-order valence-electron chi connectivity index (χ3n) is 2.41. The molecule has 2 rings (SSSR count). The molecule has 0 aliphatic rings. The average molecular weight is 329 g/mol. The third kappa shape index (κ3) is 3.29. The quantitative estimate of drug-likeness (QED) is 0.680. The van der Waals surface area contributed by atoms with Crippen LogP contribution in [0, 0.1) is 15.9 Å². The van der Waals surface area contributed by atoms with Crippen LogP contribution in [-0.4, -0.2) is 21.0 Å². The Hall–Kier alpha value is -2.19. The van der Waals surface area contributed by atoms with Gasteiger partial charge in [0.2, 0.25) is 0 Å². The molecule has 1 N–H and O–H groups in total. The number of nitrogens with zero attached hydrogens (tertiary/aromatic N) is 2. The van der Waals surface area contributed by atoms with Gasteiger partial charge in [-0.05, 0) is 18.2 Å². The van der Waals surface area contributed by atoms with Crippen LogP contribution in [0.4, 0.5) is 10.1 Å². The second-order valence-corrected chi connectivity index (χ2v) is 5.19. The molecule has 0 amide bonds. The van der Waals surface area contributed by atoms with Crippen LogP contribution in [0.15, 0.2) is 40.4 Å². The van der Waals surface area contributed by atoms with Gasteiger partial charge in [-0.15, -0.1) is 0 Å². The molecule has 0 spiro atoms. The predicted molar refractivity (Wildman–Crippen MR) is 73.4 cm³/mol. The molecule has 9 heteroatoms. The molecule has 6 nitrogen and oxygen atoms in total. The maximum atomic E-state index is 13.7. The van der Waals surface area contributed by atoms with Gasteiger partial charge in [0.25, 0.3) is 5.69 Å². The first-order valence-electron chi connectivity index (χ1n) is 5.39. The molecule has 0 saturated heterocycles. The van der Waals surface area contributed by atoms with Crippen molar-refractivity contribution in [2.45, 2.75) is 9.92 Å². The summed E-state index contributed by atoms with van der Waals surface area (Å²) in [4.78, 5) is 24.9. The fourth-order valence-electron chi connectivity index (χ4n) is 1.48. The van der Waals surface area contributed by atoms with Gasteiger partial charge in [-0.3, -0.25) is 10.1 Å². The highest BCUT2D eigenvalue weighted by molar-refractivity contribution is 7.99. The van der Waals surface area contributed by atoms with Gasteiger partial charge in [-0.1, -0.05) is 23.4 Å². The molecule has 0 unspecified atom stereocenters. The second kappa shape index (κ2) is 6.06. The van der Waals surface area contributed by atoms with Gasteiger partial charge in [-0.25, -0.2) is 14.2 Å². The monoisotopic (exact) mass is 328 g/mol. The third-order valence-corrected chi connectivity index (χ3v) is 3.89. The van der Waals surface area contributed by atoms with E-state index in [0.717, 1.165) is 17.8 Å². The van der Waals surface area contributed by atoms with Crippen molar-refractivity contribution in [3.05, 3.63) is 57.0 Å². The van der Waals surface area contributed by atoms with Crippen molar-refractivity contribution in [1.82, 2.24) is 4.98 Å². The minimum atomic E-state index is -1.58. The fourth-order valence-corrected chi connectivity index (χ4v) is 2.61. The number of hydrogen-bond acceptors (Lipinski definition) is 5. The van der Waals surface area contributed by atoms with Crippen LogP contribution in [0.2, 0.25) is 5.02 Å². The Labute approximate surface area is 126 Å².